The van der Waals surface area contributed by atoms with Crippen molar-refractivity contribution in [3.63, 3.8) is 0 Å². The van der Waals surface area contributed by atoms with E-state index < -0.39 is 0 Å². The molecule has 0 bridgehead atoms. The lowest BCUT2D eigenvalue weighted by Gasteiger charge is -2.34. The van der Waals surface area contributed by atoms with Crippen LogP contribution < -0.4 is 5.32 Å². The third kappa shape index (κ3) is 3.39. The van der Waals surface area contributed by atoms with Gasteiger partial charge < -0.3 is 10.1 Å². The first-order chi connectivity index (χ1) is 10.7. The van der Waals surface area contributed by atoms with E-state index in [4.69, 9.17) is 4.74 Å². The summed E-state index contributed by atoms with van der Waals surface area (Å²) in [4.78, 5) is 12.1. The van der Waals surface area contributed by atoms with Crippen molar-refractivity contribution in [2.75, 3.05) is 13.7 Å². The molecule has 1 amide bonds. The number of carbonyl (C=O) groups excluding carboxylic acids is 1. The SMILES string of the molecule is COC1CC(CNC(=O)c2cc(-c3ccc(Br)cc3)n[nH]2)C1. The van der Waals surface area contributed by atoms with Crippen molar-refractivity contribution < 1.29 is 9.53 Å². The van der Waals surface area contributed by atoms with Gasteiger partial charge in [-0.25, -0.2) is 0 Å². The van der Waals surface area contributed by atoms with Crippen LogP contribution in [0.2, 0.25) is 0 Å². The lowest BCUT2D eigenvalue weighted by atomic mass is 9.82. The summed E-state index contributed by atoms with van der Waals surface area (Å²) in [6, 6.07) is 9.60. The number of H-pyrrole nitrogens is 1. The molecule has 5 nitrogen and oxygen atoms in total. The second-order valence-corrected chi connectivity index (χ2v) is 6.49. The van der Waals surface area contributed by atoms with Gasteiger partial charge in [-0.15, -0.1) is 0 Å². The van der Waals surface area contributed by atoms with Crippen LogP contribution in [0.25, 0.3) is 11.3 Å². The van der Waals surface area contributed by atoms with Crippen LogP contribution >= 0.6 is 15.9 Å². The van der Waals surface area contributed by atoms with E-state index in [1.807, 2.05) is 24.3 Å². The van der Waals surface area contributed by atoms with Gasteiger partial charge in [-0.05, 0) is 37.0 Å². The number of carbonyl (C=O) groups is 1. The number of hydrogen-bond donors (Lipinski definition) is 2. The topological polar surface area (TPSA) is 67.0 Å². The summed E-state index contributed by atoms with van der Waals surface area (Å²) < 4.78 is 6.25. The Morgan fingerprint density at radius 1 is 1.41 bits per heavy atom. The lowest BCUT2D eigenvalue weighted by Crippen LogP contribution is -2.39. The molecule has 1 aromatic heterocycles. The average molecular weight is 364 g/mol. The average Bonchev–Trinajstić information content (AvgIpc) is 2.96. The number of rotatable bonds is 5. The molecule has 1 fully saturated rings. The van der Waals surface area contributed by atoms with Gasteiger partial charge in [0.25, 0.3) is 5.91 Å². The minimum absolute atomic E-state index is 0.114. The summed E-state index contributed by atoms with van der Waals surface area (Å²) >= 11 is 3.40. The molecule has 1 heterocycles. The second-order valence-electron chi connectivity index (χ2n) is 5.58. The Morgan fingerprint density at radius 2 is 2.14 bits per heavy atom. The molecule has 0 spiro atoms. The first kappa shape index (κ1) is 15.2. The summed E-state index contributed by atoms with van der Waals surface area (Å²) in [5.74, 6) is 0.402. The second kappa shape index (κ2) is 6.62. The van der Waals surface area contributed by atoms with Crippen molar-refractivity contribution in [2.45, 2.75) is 18.9 Å². The van der Waals surface area contributed by atoms with Gasteiger partial charge in [-0.1, -0.05) is 28.1 Å². The molecule has 22 heavy (non-hydrogen) atoms. The van der Waals surface area contributed by atoms with E-state index in [0.717, 1.165) is 28.6 Å². The molecule has 0 saturated heterocycles. The predicted octanol–water partition coefficient (Wildman–Crippen LogP) is 2.99. The molecule has 2 N–H and O–H groups in total. The van der Waals surface area contributed by atoms with Crippen molar-refractivity contribution in [2.24, 2.45) is 5.92 Å². The maximum Gasteiger partial charge on any atom is 0.269 e. The first-order valence-corrected chi connectivity index (χ1v) is 8.07. The van der Waals surface area contributed by atoms with Crippen LogP contribution in [-0.4, -0.2) is 35.9 Å². The Morgan fingerprint density at radius 3 is 2.82 bits per heavy atom. The lowest BCUT2D eigenvalue weighted by molar-refractivity contribution is 0.00178. The van der Waals surface area contributed by atoms with Crippen LogP contribution in [0.3, 0.4) is 0 Å². The van der Waals surface area contributed by atoms with Crippen LogP contribution in [0.1, 0.15) is 23.3 Å². The van der Waals surface area contributed by atoms with Crippen molar-refractivity contribution in [1.29, 1.82) is 0 Å². The summed E-state index contributed by atoms with van der Waals surface area (Å²) in [5.41, 5.74) is 2.22. The molecule has 6 heteroatoms. The van der Waals surface area contributed by atoms with E-state index in [0.29, 0.717) is 24.3 Å². The highest BCUT2D eigenvalue weighted by Crippen LogP contribution is 2.28. The van der Waals surface area contributed by atoms with Crippen molar-refractivity contribution in [3.05, 3.63) is 40.5 Å². The van der Waals surface area contributed by atoms with Crippen LogP contribution in [0, 0.1) is 5.92 Å². The highest BCUT2D eigenvalue weighted by Gasteiger charge is 2.29. The zero-order chi connectivity index (χ0) is 15.5. The number of methoxy groups -OCH3 is 1. The van der Waals surface area contributed by atoms with Gasteiger partial charge in [-0.2, -0.15) is 5.10 Å². The normalized spacial score (nSPS) is 20.5. The third-order valence-corrected chi connectivity index (χ3v) is 4.57. The van der Waals surface area contributed by atoms with Crippen LogP contribution in [0.4, 0.5) is 0 Å². The minimum atomic E-state index is -0.114. The number of amides is 1. The predicted molar refractivity (Wildman–Crippen MR) is 87.6 cm³/mol. The number of halogens is 1. The Bertz CT molecular complexity index is 648. The number of ether oxygens (including phenoxy) is 1. The molecule has 1 aromatic carbocycles. The molecule has 0 radical (unpaired) electrons. The highest BCUT2D eigenvalue weighted by molar-refractivity contribution is 9.10. The van der Waals surface area contributed by atoms with Gasteiger partial charge in [0.05, 0.1) is 11.8 Å². The molecule has 1 aliphatic rings. The largest absolute Gasteiger partial charge is 0.381 e. The van der Waals surface area contributed by atoms with Gasteiger partial charge in [-0.3, -0.25) is 9.89 Å². The molecule has 116 valence electrons. The minimum Gasteiger partial charge on any atom is -0.381 e. The molecule has 0 unspecified atom stereocenters. The van der Waals surface area contributed by atoms with E-state index in [1.54, 1.807) is 13.2 Å². The highest BCUT2D eigenvalue weighted by atomic mass is 79.9. The molecule has 2 aromatic rings. The van der Waals surface area contributed by atoms with Gasteiger partial charge in [0.2, 0.25) is 0 Å². The fourth-order valence-corrected chi connectivity index (χ4v) is 2.84. The molecule has 1 aliphatic carbocycles. The number of aromatic amines is 1. The zero-order valence-corrected chi connectivity index (χ0v) is 13.9. The molecule has 0 aliphatic heterocycles. The van der Waals surface area contributed by atoms with Crippen LogP contribution in [0.5, 0.6) is 0 Å². The van der Waals surface area contributed by atoms with E-state index in [9.17, 15) is 4.79 Å². The Labute approximate surface area is 137 Å². The fourth-order valence-electron chi connectivity index (χ4n) is 2.57. The Kier molecular flexibility index (Phi) is 4.59. The number of nitrogens with one attached hydrogen (secondary N) is 2. The van der Waals surface area contributed by atoms with Crippen LogP contribution in [0.15, 0.2) is 34.8 Å². The van der Waals surface area contributed by atoms with Gasteiger partial charge in [0.1, 0.15) is 5.69 Å². The van der Waals surface area contributed by atoms with Crippen molar-refractivity contribution >= 4 is 21.8 Å². The molecule has 1 saturated carbocycles. The maximum atomic E-state index is 12.1. The maximum absolute atomic E-state index is 12.1. The van der Waals surface area contributed by atoms with E-state index in [1.165, 1.54) is 0 Å². The summed E-state index contributed by atoms with van der Waals surface area (Å²) in [6.07, 6.45) is 2.39. The number of aromatic nitrogens is 2. The number of benzene rings is 1. The number of hydrogen-bond acceptors (Lipinski definition) is 3. The third-order valence-electron chi connectivity index (χ3n) is 4.04. The molecule has 3 rings (SSSR count). The smallest absolute Gasteiger partial charge is 0.269 e. The van der Waals surface area contributed by atoms with Crippen molar-refractivity contribution in [3.8, 4) is 11.3 Å². The fraction of sp³-hybridized carbons (Fsp3) is 0.375. The number of nitrogens with zero attached hydrogens (tertiary/aromatic N) is 1. The summed E-state index contributed by atoms with van der Waals surface area (Å²) in [7, 11) is 1.73. The standard InChI is InChI=1S/C16H18BrN3O2/c1-22-13-6-10(7-13)9-18-16(21)15-8-14(19-20-15)11-2-4-12(17)5-3-11/h2-5,8,10,13H,6-7,9H2,1H3,(H,18,21)(H,19,20). The molecular weight excluding hydrogens is 346 g/mol. The van der Waals surface area contributed by atoms with E-state index >= 15 is 0 Å². The van der Waals surface area contributed by atoms with E-state index in [2.05, 4.69) is 31.4 Å². The van der Waals surface area contributed by atoms with Gasteiger partial charge in [0.15, 0.2) is 0 Å². The van der Waals surface area contributed by atoms with E-state index in [-0.39, 0.29) is 5.91 Å². The monoisotopic (exact) mass is 363 g/mol. The quantitative estimate of drug-likeness (QED) is 0.857. The summed E-state index contributed by atoms with van der Waals surface area (Å²) in [5, 5.41) is 9.95. The Hall–Kier alpha value is -1.66. The molecular formula is C16H18BrN3O2. The van der Waals surface area contributed by atoms with Gasteiger partial charge >= 0.3 is 0 Å². The van der Waals surface area contributed by atoms with Crippen LogP contribution in [-0.2, 0) is 4.74 Å². The summed E-state index contributed by atoms with van der Waals surface area (Å²) in [6.45, 7) is 0.686. The zero-order valence-electron chi connectivity index (χ0n) is 12.3. The van der Waals surface area contributed by atoms with Gasteiger partial charge in [0, 0.05) is 23.7 Å². The van der Waals surface area contributed by atoms with Crippen molar-refractivity contribution in [1.82, 2.24) is 15.5 Å². The first-order valence-electron chi connectivity index (χ1n) is 7.28. The molecule has 0 atom stereocenters. The Balaban J connectivity index is 1.56.